The number of benzene rings is 1. The number of H-pyrrole nitrogens is 1. The molecule has 1 heterocycles. The summed E-state index contributed by atoms with van der Waals surface area (Å²) >= 11 is 0. The molecule has 2 rings (SSSR count). The van der Waals surface area contributed by atoms with E-state index in [-0.39, 0.29) is 0 Å². The van der Waals surface area contributed by atoms with Gasteiger partial charge in [-0.15, -0.1) is 0 Å². The van der Waals surface area contributed by atoms with Gasteiger partial charge in [-0.25, -0.2) is 0 Å². The molecule has 3 nitrogen and oxygen atoms in total. The van der Waals surface area contributed by atoms with Gasteiger partial charge >= 0.3 is 0 Å². The van der Waals surface area contributed by atoms with E-state index < -0.39 is 0 Å². The maximum atomic E-state index is 8.96. The Labute approximate surface area is 88.4 Å². The molecule has 0 amide bonds. The Balaban J connectivity index is 2.51. The Morgan fingerprint density at radius 2 is 2.20 bits per heavy atom. The monoisotopic (exact) mass is 202 g/mol. The Kier molecular flexibility index (Phi) is 2.72. The van der Waals surface area contributed by atoms with E-state index >= 15 is 0 Å². The molecule has 0 aliphatic heterocycles. The fourth-order valence-electron chi connectivity index (χ4n) is 1.79. The SMILES string of the molecule is CCC/C(=N\O)c1c[nH]c2ccccc12. The average molecular weight is 202 g/mol. The quantitative estimate of drug-likeness (QED) is 0.448. The van der Waals surface area contributed by atoms with E-state index in [1.165, 1.54) is 0 Å². The highest BCUT2D eigenvalue weighted by Gasteiger charge is 2.09. The van der Waals surface area contributed by atoms with E-state index in [1.54, 1.807) is 0 Å². The van der Waals surface area contributed by atoms with Crippen molar-refractivity contribution >= 4 is 16.6 Å². The molecule has 0 aliphatic carbocycles. The molecule has 2 aromatic rings. The Morgan fingerprint density at radius 1 is 1.40 bits per heavy atom. The molecular formula is C12H14N2O. The van der Waals surface area contributed by atoms with Crippen molar-refractivity contribution in [3.05, 3.63) is 36.0 Å². The third-order valence-corrected chi connectivity index (χ3v) is 2.51. The molecule has 0 unspecified atom stereocenters. The Morgan fingerprint density at radius 3 is 2.93 bits per heavy atom. The summed E-state index contributed by atoms with van der Waals surface area (Å²) in [5, 5.41) is 13.4. The molecule has 0 fully saturated rings. The van der Waals surface area contributed by atoms with E-state index in [0.717, 1.165) is 35.0 Å². The van der Waals surface area contributed by atoms with Crippen LogP contribution in [0.25, 0.3) is 10.9 Å². The maximum absolute atomic E-state index is 8.96. The number of nitrogens with zero attached hydrogens (tertiary/aromatic N) is 1. The van der Waals surface area contributed by atoms with Gasteiger partial charge in [-0.3, -0.25) is 0 Å². The number of aromatic amines is 1. The summed E-state index contributed by atoms with van der Waals surface area (Å²) < 4.78 is 0. The van der Waals surface area contributed by atoms with Crippen LogP contribution in [0.5, 0.6) is 0 Å². The molecule has 1 aromatic heterocycles. The number of nitrogens with one attached hydrogen (secondary N) is 1. The first-order valence-corrected chi connectivity index (χ1v) is 5.14. The van der Waals surface area contributed by atoms with E-state index in [9.17, 15) is 0 Å². The van der Waals surface area contributed by atoms with Crippen molar-refractivity contribution in [1.29, 1.82) is 0 Å². The summed E-state index contributed by atoms with van der Waals surface area (Å²) in [5.74, 6) is 0. The van der Waals surface area contributed by atoms with Crippen LogP contribution in [0.1, 0.15) is 25.3 Å². The van der Waals surface area contributed by atoms with Crippen LogP contribution >= 0.6 is 0 Å². The van der Waals surface area contributed by atoms with Gasteiger partial charge < -0.3 is 10.2 Å². The van der Waals surface area contributed by atoms with Gasteiger partial charge in [0.25, 0.3) is 0 Å². The number of para-hydroxylation sites is 1. The van der Waals surface area contributed by atoms with Crippen molar-refractivity contribution in [3.63, 3.8) is 0 Å². The van der Waals surface area contributed by atoms with Crippen LogP contribution < -0.4 is 0 Å². The third kappa shape index (κ3) is 1.73. The molecule has 0 aliphatic rings. The summed E-state index contributed by atoms with van der Waals surface area (Å²) in [7, 11) is 0. The van der Waals surface area contributed by atoms with Crippen molar-refractivity contribution in [2.75, 3.05) is 0 Å². The molecular weight excluding hydrogens is 188 g/mol. The number of oxime groups is 1. The molecule has 0 saturated carbocycles. The minimum Gasteiger partial charge on any atom is -0.411 e. The van der Waals surface area contributed by atoms with Crippen LogP contribution in [0.3, 0.4) is 0 Å². The van der Waals surface area contributed by atoms with Crippen molar-refractivity contribution < 1.29 is 5.21 Å². The predicted molar refractivity (Wildman–Crippen MR) is 61.5 cm³/mol. The van der Waals surface area contributed by atoms with Gasteiger partial charge in [0.2, 0.25) is 0 Å². The van der Waals surface area contributed by atoms with Gasteiger partial charge in [-0.1, -0.05) is 36.7 Å². The smallest absolute Gasteiger partial charge is 0.0889 e. The Hall–Kier alpha value is -1.77. The number of hydrogen-bond donors (Lipinski definition) is 2. The van der Waals surface area contributed by atoms with Gasteiger partial charge in [0.1, 0.15) is 0 Å². The highest BCUT2D eigenvalue weighted by Crippen LogP contribution is 2.19. The van der Waals surface area contributed by atoms with Crippen molar-refractivity contribution in [1.82, 2.24) is 4.98 Å². The summed E-state index contributed by atoms with van der Waals surface area (Å²) in [6.07, 6.45) is 3.66. The fourth-order valence-corrected chi connectivity index (χ4v) is 1.79. The van der Waals surface area contributed by atoms with E-state index in [0.29, 0.717) is 0 Å². The van der Waals surface area contributed by atoms with Gasteiger partial charge in [-0.05, 0) is 12.5 Å². The molecule has 2 N–H and O–H groups in total. The van der Waals surface area contributed by atoms with Gasteiger partial charge in [0.05, 0.1) is 5.71 Å². The van der Waals surface area contributed by atoms with Crippen LogP contribution in [-0.4, -0.2) is 15.9 Å². The van der Waals surface area contributed by atoms with Gasteiger partial charge in [0.15, 0.2) is 0 Å². The fraction of sp³-hybridized carbons (Fsp3) is 0.250. The van der Waals surface area contributed by atoms with Crippen LogP contribution in [0.4, 0.5) is 0 Å². The standard InChI is InChI=1S/C12H14N2O/c1-2-5-12(14-15)10-8-13-11-7-4-3-6-9(10)11/h3-4,6-8,13,15H,2,5H2,1H3/b14-12+. The zero-order valence-corrected chi connectivity index (χ0v) is 8.70. The van der Waals surface area contributed by atoms with Crippen molar-refractivity contribution in [2.24, 2.45) is 5.16 Å². The lowest BCUT2D eigenvalue weighted by Gasteiger charge is -2.00. The lowest BCUT2D eigenvalue weighted by molar-refractivity contribution is 0.318. The molecule has 0 atom stereocenters. The van der Waals surface area contributed by atoms with E-state index in [4.69, 9.17) is 5.21 Å². The second kappa shape index (κ2) is 4.17. The van der Waals surface area contributed by atoms with Crippen LogP contribution in [0, 0.1) is 0 Å². The zero-order valence-electron chi connectivity index (χ0n) is 8.70. The maximum Gasteiger partial charge on any atom is 0.0889 e. The first-order valence-electron chi connectivity index (χ1n) is 5.14. The largest absolute Gasteiger partial charge is 0.411 e. The molecule has 3 heteroatoms. The number of fused-ring (bicyclic) bond motifs is 1. The minimum absolute atomic E-state index is 0.745. The first kappa shape index (κ1) is 9.77. The lowest BCUT2D eigenvalue weighted by Crippen LogP contribution is -1.98. The molecule has 0 saturated heterocycles. The normalized spacial score (nSPS) is 12.2. The third-order valence-electron chi connectivity index (χ3n) is 2.51. The summed E-state index contributed by atoms with van der Waals surface area (Å²) in [6, 6.07) is 8.01. The number of aromatic nitrogens is 1. The van der Waals surface area contributed by atoms with Crippen LogP contribution in [0.15, 0.2) is 35.6 Å². The van der Waals surface area contributed by atoms with E-state index in [1.807, 2.05) is 30.5 Å². The topological polar surface area (TPSA) is 48.4 Å². The molecule has 15 heavy (non-hydrogen) atoms. The first-order chi connectivity index (χ1) is 7.36. The average Bonchev–Trinajstić information content (AvgIpc) is 2.70. The second-order valence-corrected chi connectivity index (χ2v) is 3.54. The molecule has 0 radical (unpaired) electrons. The minimum atomic E-state index is 0.745. The van der Waals surface area contributed by atoms with E-state index in [2.05, 4.69) is 17.1 Å². The zero-order chi connectivity index (χ0) is 10.7. The summed E-state index contributed by atoms with van der Waals surface area (Å²) in [4.78, 5) is 3.17. The predicted octanol–water partition coefficient (Wildman–Crippen LogP) is 3.15. The molecule has 78 valence electrons. The number of hydrogen-bond acceptors (Lipinski definition) is 2. The summed E-state index contributed by atoms with van der Waals surface area (Å²) in [6.45, 7) is 2.07. The van der Waals surface area contributed by atoms with Gasteiger partial charge in [-0.2, -0.15) is 0 Å². The molecule has 1 aromatic carbocycles. The van der Waals surface area contributed by atoms with Crippen LogP contribution in [0.2, 0.25) is 0 Å². The van der Waals surface area contributed by atoms with Crippen LogP contribution in [-0.2, 0) is 0 Å². The second-order valence-electron chi connectivity index (χ2n) is 3.54. The highest BCUT2D eigenvalue weighted by atomic mass is 16.4. The van der Waals surface area contributed by atoms with Gasteiger partial charge in [0, 0.05) is 22.7 Å². The molecule has 0 bridgehead atoms. The number of rotatable bonds is 3. The van der Waals surface area contributed by atoms with Crippen molar-refractivity contribution in [3.8, 4) is 0 Å². The summed E-state index contributed by atoms with van der Waals surface area (Å²) in [5.41, 5.74) is 2.81. The van der Waals surface area contributed by atoms with Crippen molar-refractivity contribution in [2.45, 2.75) is 19.8 Å². The Bertz CT molecular complexity index is 485. The molecule has 0 spiro atoms. The lowest BCUT2D eigenvalue weighted by atomic mass is 10.1. The highest BCUT2D eigenvalue weighted by molar-refractivity contribution is 6.10.